The van der Waals surface area contributed by atoms with E-state index in [9.17, 15) is 9.59 Å². The van der Waals surface area contributed by atoms with Gasteiger partial charge in [0.25, 0.3) is 0 Å². The molecule has 0 aromatic carbocycles. The van der Waals surface area contributed by atoms with Crippen molar-refractivity contribution in [3.63, 3.8) is 0 Å². The van der Waals surface area contributed by atoms with Gasteiger partial charge in [0.05, 0.1) is 0 Å². The maximum atomic E-state index is 9.43. The average molecular weight is 327 g/mol. The zero-order chi connectivity index (χ0) is 10.4. The van der Waals surface area contributed by atoms with Crippen LogP contribution in [-0.4, -0.2) is 31.1 Å². The van der Waals surface area contributed by atoms with E-state index in [1.807, 2.05) is 0 Å². The number of alkyl halides is 6. The molecule has 0 aliphatic rings. The fraction of sp³-hybridized carbons (Fsp3) is 0.500. The fourth-order valence-electron chi connectivity index (χ4n) is 0. The van der Waals surface area contributed by atoms with Crippen LogP contribution >= 0.6 is 69.6 Å². The third kappa shape index (κ3) is 31.9. The molecule has 0 radical (unpaired) electrons. The van der Waals surface area contributed by atoms with Gasteiger partial charge in [-0.1, -0.05) is 69.6 Å². The number of rotatable bonds is 0. The summed E-state index contributed by atoms with van der Waals surface area (Å²) in [6.07, 6.45) is 0.468. The molecule has 0 aliphatic heterocycles. The highest BCUT2D eigenvalue weighted by Crippen LogP contribution is 2.22. The van der Waals surface area contributed by atoms with Gasteiger partial charge in [-0.2, -0.15) is 0 Å². The topological polar surface area (TPSA) is 34.1 Å². The maximum absolute atomic E-state index is 9.43. The third-order valence-electron chi connectivity index (χ3n) is 0.267. The Morgan fingerprint density at radius 3 is 0.769 bits per heavy atom. The van der Waals surface area contributed by atoms with E-state index in [1.54, 1.807) is 0 Å². The van der Waals surface area contributed by atoms with Crippen LogP contribution in [0.3, 0.4) is 0 Å². The van der Waals surface area contributed by atoms with Crippen LogP contribution in [0.15, 0.2) is 0 Å². The van der Waals surface area contributed by atoms with Crippen molar-refractivity contribution in [2.75, 3.05) is 0 Å². The number of aldehydes is 2. The molecule has 0 bridgehead atoms. The van der Waals surface area contributed by atoms with Crippen LogP contribution < -0.4 is 0 Å². The van der Waals surface area contributed by atoms with Crippen molar-refractivity contribution in [2.45, 2.75) is 7.59 Å². The normalized spacial score (nSPS) is 10.3. The molecule has 0 amide bonds. The lowest BCUT2D eigenvalue weighted by Gasteiger charge is -1.93. The highest BCUT2D eigenvalue weighted by Gasteiger charge is 2.16. The molecule has 0 heterocycles. The van der Waals surface area contributed by atoms with Crippen molar-refractivity contribution in [3.05, 3.63) is 0 Å². The summed E-state index contributed by atoms with van der Waals surface area (Å²) in [4.78, 5) is 18.9. The number of halogens is 6. The van der Waals surface area contributed by atoms with Crippen LogP contribution in [0, 0.1) is 0 Å². The van der Waals surface area contributed by atoms with Gasteiger partial charge < -0.3 is 0 Å². The molecular formula is C4H6Cl6O2Si. The first-order valence-electron chi connectivity index (χ1n) is 2.18. The second-order valence-corrected chi connectivity index (χ2v) is 6.06. The largest absolute Gasteiger partial charge is 0.299 e. The van der Waals surface area contributed by atoms with Crippen LogP contribution in [0.4, 0.5) is 0 Å². The summed E-state index contributed by atoms with van der Waals surface area (Å²) in [5.41, 5.74) is 0. The molecule has 0 rings (SSSR count). The Kier molecular flexibility index (Phi) is 13.1. The molecule has 0 aromatic heterocycles. The molecule has 9 heteroatoms. The van der Waals surface area contributed by atoms with Gasteiger partial charge in [-0.25, -0.2) is 0 Å². The van der Waals surface area contributed by atoms with Crippen LogP contribution in [-0.2, 0) is 9.59 Å². The monoisotopic (exact) mass is 324 g/mol. The molecule has 0 spiro atoms. The number of carbonyl (C=O) groups is 2. The van der Waals surface area contributed by atoms with Gasteiger partial charge in [0.15, 0.2) is 12.6 Å². The summed E-state index contributed by atoms with van der Waals surface area (Å²) in [7, 11) is 0. The number of hydrogen-bond donors (Lipinski definition) is 0. The summed E-state index contributed by atoms with van der Waals surface area (Å²) in [6, 6.07) is 0. The van der Waals surface area contributed by atoms with E-state index in [0.29, 0.717) is 0 Å². The minimum Gasteiger partial charge on any atom is -0.299 e. The maximum Gasteiger partial charge on any atom is 0.245 e. The molecule has 2 nitrogen and oxygen atoms in total. The van der Waals surface area contributed by atoms with Gasteiger partial charge in [-0.05, 0) is 11.0 Å². The molecule has 80 valence electrons. The van der Waals surface area contributed by atoms with E-state index in [4.69, 9.17) is 69.6 Å². The molecule has 0 N–H and O–H groups in total. The molecule has 0 saturated carbocycles. The zero-order valence-electron chi connectivity index (χ0n) is 5.24. The third-order valence-corrected chi connectivity index (χ3v) is 0.802. The first kappa shape index (κ1) is 19.8. The number of carbonyl (C=O) groups excluding carboxylic acids is 2. The molecular weight excluding hydrogens is 321 g/mol. The predicted molar refractivity (Wildman–Crippen MR) is 64.0 cm³/mol. The van der Waals surface area contributed by atoms with Crippen molar-refractivity contribution in [1.29, 1.82) is 0 Å². The van der Waals surface area contributed by atoms with E-state index < -0.39 is 7.59 Å². The second kappa shape index (κ2) is 8.59. The summed E-state index contributed by atoms with van der Waals surface area (Å²) >= 11 is 29.3. The van der Waals surface area contributed by atoms with Crippen molar-refractivity contribution in [1.82, 2.24) is 0 Å². The Hall–Kier alpha value is 1.30. The van der Waals surface area contributed by atoms with E-state index >= 15 is 0 Å². The van der Waals surface area contributed by atoms with Gasteiger partial charge in [0, 0.05) is 0 Å². The van der Waals surface area contributed by atoms with Gasteiger partial charge in [0.2, 0.25) is 7.59 Å². The Balaban J connectivity index is -0.000000143. The van der Waals surface area contributed by atoms with Crippen molar-refractivity contribution < 1.29 is 9.59 Å². The summed E-state index contributed by atoms with van der Waals surface area (Å²) in [5, 5.41) is 0. The van der Waals surface area contributed by atoms with Gasteiger partial charge in [0.1, 0.15) is 0 Å². The van der Waals surface area contributed by atoms with Crippen molar-refractivity contribution >= 4 is 93.1 Å². The van der Waals surface area contributed by atoms with Crippen LogP contribution in [0.1, 0.15) is 0 Å². The van der Waals surface area contributed by atoms with Crippen LogP contribution in [0.25, 0.3) is 0 Å². The van der Waals surface area contributed by atoms with Crippen molar-refractivity contribution in [2.24, 2.45) is 0 Å². The molecule has 0 fully saturated rings. The lowest BCUT2D eigenvalue weighted by Crippen LogP contribution is -2.00. The van der Waals surface area contributed by atoms with Crippen LogP contribution in [0.2, 0.25) is 0 Å². The molecule has 0 aromatic rings. The summed E-state index contributed by atoms with van der Waals surface area (Å²) < 4.78 is -3.44. The number of hydrogen-bond acceptors (Lipinski definition) is 2. The molecule has 0 unspecified atom stereocenters. The minimum absolute atomic E-state index is 0. The van der Waals surface area contributed by atoms with E-state index in [1.165, 1.54) is 0 Å². The highest BCUT2D eigenvalue weighted by molar-refractivity contribution is 6.74. The van der Waals surface area contributed by atoms with Crippen molar-refractivity contribution in [3.8, 4) is 0 Å². The molecule has 0 saturated heterocycles. The Bertz CT molecular complexity index is 132. The first-order valence-corrected chi connectivity index (χ1v) is 4.45. The fourth-order valence-corrected chi connectivity index (χ4v) is 0. The zero-order valence-corrected chi connectivity index (χ0v) is 9.77. The Labute approximate surface area is 110 Å². The van der Waals surface area contributed by atoms with E-state index in [0.717, 1.165) is 0 Å². The standard InChI is InChI=1S/2C2HCl3O.H4Si/c2*3-2(4,5)1-6;/h2*1H;1H4. The molecule has 13 heavy (non-hydrogen) atoms. The van der Waals surface area contributed by atoms with Gasteiger partial charge in [-0.3, -0.25) is 9.59 Å². The predicted octanol–water partition coefficient (Wildman–Crippen LogP) is 1.66. The second-order valence-electron chi connectivity index (χ2n) is 1.32. The average Bonchev–Trinajstić information content (AvgIpc) is 1.86. The highest BCUT2D eigenvalue weighted by atomic mass is 35.6. The molecule has 0 aliphatic carbocycles. The SMILES string of the molecule is O=CC(Cl)(Cl)Cl.O=CC(Cl)(Cl)Cl.[SiH4]. The first-order chi connectivity index (χ1) is 5.12. The summed E-state index contributed by atoms with van der Waals surface area (Å²) in [5.74, 6) is 0. The Morgan fingerprint density at radius 2 is 0.769 bits per heavy atom. The lowest BCUT2D eigenvalue weighted by atomic mass is 10.9. The van der Waals surface area contributed by atoms with Gasteiger partial charge in [-0.15, -0.1) is 0 Å². The minimum atomic E-state index is -1.72. The van der Waals surface area contributed by atoms with Crippen LogP contribution in [0.5, 0.6) is 0 Å². The smallest absolute Gasteiger partial charge is 0.245 e. The Morgan fingerprint density at radius 1 is 0.692 bits per heavy atom. The van der Waals surface area contributed by atoms with E-state index in [2.05, 4.69) is 0 Å². The lowest BCUT2D eigenvalue weighted by molar-refractivity contribution is -0.107. The molecule has 0 atom stereocenters. The quantitative estimate of drug-likeness (QED) is 0.385. The van der Waals surface area contributed by atoms with E-state index in [-0.39, 0.29) is 23.5 Å². The van der Waals surface area contributed by atoms with Gasteiger partial charge >= 0.3 is 0 Å². The summed E-state index contributed by atoms with van der Waals surface area (Å²) in [6.45, 7) is 0.